The number of anilines is 1. The van der Waals surface area contributed by atoms with E-state index in [1.54, 1.807) is 18.2 Å². The molecule has 29 heavy (non-hydrogen) atoms. The molecule has 0 aliphatic heterocycles. The van der Waals surface area contributed by atoms with Crippen LogP contribution in [0.15, 0.2) is 82.8 Å². The maximum Gasteiger partial charge on any atom is 0.266 e. The van der Waals surface area contributed by atoms with Crippen molar-refractivity contribution < 1.29 is 9.53 Å². The second-order valence-corrected chi connectivity index (χ2v) is 7.26. The zero-order chi connectivity index (χ0) is 20.6. The van der Waals surface area contributed by atoms with Crippen LogP contribution in [0.1, 0.15) is 16.7 Å². The summed E-state index contributed by atoms with van der Waals surface area (Å²) in [7, 11) is 0. The summed E-state index contributed by atoms with van der Waals surface area (Å²) in [4.78, 5) is 12.5. The van der Waals surface area contributed by atoms with Gasteiger partial charge < -0.3 is 10.1 Å². The highest BCUT2D eigenvalue weighted by Crippen LogP contribution is 2.24. The van der Waals surface area contributed by atoms with Crippen molar-refractivity contribution in [2.75, 3.05) is 5.32 Å². The molecule has 0 fully saturated rings. The van der Waals surface area contributed by atoms with Crippen molar-refractivity contribution in [2.45, 2.75) is 13.5 Å². The van der Waals surface area contributed by atoms with Crippen molar-refractivity contribution in [1.29, 1.82) is 5.26 Å². The van der Waals surface area contributed by atoms with E-state index >= 15 is 0 Å². The molecule has 3 aromatic carbocycles. The number of carbonyl (C=O) groups excluding carboxylic acids is 1. The number of aryl methyl sites for hydroxylation is 1. The smallest absolute Gasteiger partial charge is 0.266 e. The van der Waals surface area contributed by atoms with Gasteiger partial charge in [-0.1, -0.05) is 70.0 Å². The minimum absolute atomic E-state index is 0.00233. The van der Waals surface area contributed by atoms with Crippen molar-refractivity contribution >= 4 is 33.6 Å². The maximum absolute atomic E-state index is 12.5. The summed E-state index contributed by atoms with van der Waals surface area (Å²) in [5, 5.41) is 12.2. The Morgan fingerprint density at radius 3 is 2.48 bits per heavy atom. The molecular weight excluding hydrogens is 428 g/mol. The number of hydrogen-bond acceptors (Lipinski definition) is 3. The number of para-hydroxylation sites is 1. The van der Waals surface area contributed by atoms with Gasteiger partial charge in [0, 0.05) is 21.3 Å². The highest BCUT2D eigenvalue weighted by molar-refractivity contribution is 9.10. The zero-order valence-corrected chi connectivity index (χ0v) is 17.4. The van der Waals surface area contributed by atoms with Crippen molar-refractivity contribution in [3.05, 3.63) is 99.5 Å². The number of ether oxygens (including phenoxy) is 1. The molecule has 0 atom stereocenters. The number of halogens is 1. The Bertz CT molecular complexity index is 1080. The SMILES string of the molecule is Cc1ccc(NC(=O)/C(C#N)=C/c2ccccc2OCc2ccccc2Br)cc1. The first-order chi connectivity index (χ1) is 14.1. The number of benzene rings is 3. The van der Waals surface area contributed by atoms with E-state index in [1.807, 2.05) is 73.7 Å². The third kappa shape index (κ3) is 5.56. The fourth-order valence-electron chi connectivity index (χ4n) is 2.64. The van der Waals surface area contributed by atoms with E-state index in [1.165, 1.54) is 0 Å². The lowest BCUT2D eigenvalue weighted by Gasteiger charge is -2.11. The predicted molar refractivity (Wildman–Crippen MR) is 118 cm³/mol. The first-order valence-electron chi connectivity index (χ1n) is 9.02. The largest absolute Gasteiger partial charge is 0.488 e. The van der Waals surface area contributed by atoms with Crippen LogP contribution in [-0.2, 0) is 11.4 Å². The molecule has 1 amide bonds. The van der Waals surface area contributed by atoms with Gasteiger partial charge in [0.2, 0.25) is 0 Å². The topological polar surface area (TPSA) is 62.1 Å². The van der Waals surface area contributed by atoms with Gasteiger partial charge in [0.05, 0.1) is 0 Å². The zero-order valence-electron chi connectivity index (χ0n) is 15.9. The molecule has 144 valence electrons. The van der Waals surface area contributed by atoms with E-state index in [2.05, 4.69) is 21.2 Å². The molecule has 0 radical (unpaired) electrons. The Morgan fingerprint density at radius 2 is 1.76 bits per heavy atom. The van der Waals surface area contributed by atoms with E-state index < -0.39 is 5.91 Å². The normalized spacial score (nSPS) is 10.9. The predicted octanol–water partition coefficient (Wildman–Crippen LogP) is 5.88. The summed E-state index contributed by atoms with van der Waals surface area (Å²) >= 11 is 3.51. The quantitative estimate of drug-likeness (QED) is 0.379. The molecule has 0 aliphatic carbocycles. The van der Waals surface area contributed by atoms with Gasteiger partial charge >= 0.3 is 0 Å². The summed E-state index contributed by atoms with van der Waals surface area (Å²) in [5.41, 5.74) is 3.40. The molecule has 0 aromatic heterocycles. The number of rotatable bonds is 6. The Balaban J connectivity index is 1.78. The van der Waals surface area contributed by atoms with E-state index in [9.17, 15) is 10.1 Å². The molecule has 3 aromatic rings. The number of nitriles is 1. The number of nitrogens with one attached hydrogen (secondary N) is 1. The van der Waals surface area contributed by atoms with E-state index in [4.69, 9.17) is 4.74 Å². The van der Waals surface area contributed by atoms with Gasteiger partial charge in [0.1, 0.15) is 24.0 Å². The van der Waals surface area contributed by atoms with Crippen LogP contribution < -0.4 is 10.1 Å². The lowest BCUT2D eigenvalue weighted by atomic mass is 10.1. The van der Waals surface area contributed by atoms with E-state index in [-0.39, 0.29) is 5.57 Å². The Kier molecular flexibility index (Phi) is 6.83. The van der Waals surface area contributed by atoms with Crippen molar-refractivity contribution in [2.24, 2.45) is 0 Å². The van der Waals surface area contributed by atoms with Crippen LogP contribution in [0.25, 0.3) is 6.08 Å². The highest BCUT2D eigenvalue weighted by atomic mass is 79.9. The van der Waals surface area contributed by atoms with Crippen LogP contribution in [0.5, 0.6) is 5.75 Å². The third-order valence-corrected chi connectivity index (χ3v) is 5.01. The molecule has 0 unspecified atom stereocenters. The molecule has 0 spiro atoms. The summed E-state index contributed by atoms with van der Waals surface area (Å²) in [6.07, 6.45) is 1.54. The average Bonchev–Trinajstić information content (AvgIpc) is 2.73. The van der Waals surface area contributed by atoms with Gasteiger partial charge in [-0.05, 0) is 37.3 Å². The molecule has 3 rings (SSSR count). The Labute approximate surface area is 178 Å². The minimum Gasteiger partial charge on any atom is -0.488 e. The van der Waals surface area contributed by atoms with E-state index in [0.29, 0.717) is 23.6 Å². The Hall–Kier alpha value is -3.36. The molecule has 4 nitrogen and oxygen atoms in total. The highest BCUT2D eigenvalue weighted by Gasteiger charge is 2.11. The monoisotopic (exact) mass is 446 g/mol. The molecular formula is C24H19BrN2O2. The van der Waals surface area contributed by atoms with Crippen LogP contribution in [-0.4, -0.2) is 5.91 Å². The standard InChI is InChI=1S/C24H19BrN2O2/c1-17-10-12-21(13-11-17)27-24(28)20(15-26)14-18-6-3-5-9-23(18)29-16-19-7-2-4-8-22(19)25/h2-14H,16H2,1H3,(H,27,28)/b20-14+. The second-order valence-electron chi connectivity index (χ2n) is 6.41. The molecule has 0 aliphatic rings. The van der Waals surface area contributed by atoms with Crippen LogP contribution in [0, 0.1) is 18.3 Å². The van der Waals surface area contributed by atoms with Gasteiger partial charge in [-0.3, -0.25) is 4.79 Å². The van der Waals surface area contributed by atoms with Gasteiger partial charge in [-0.15, -0.1) is 0 Å². The van der Waals surface area contributed by atoms with Gasteiger partial charge in [0.25, 0.3) is 5.91 Å². The number of carbonyl (C=O) groups is 1. The fraction of sp³-hybridized carbons (Fsp3) is 0.0833. The van der Waals surface area contributed by atoms with Gasteiger partial charge in [0.15, 0.2) is 0 Å². The lowest BCUT2D eigenvalue weighted by molar-refractivity contribution is -0.112. The second kappa shape index (κ2) is 9.72. The van der Waals surface area contributed by atoms with Crippen molar-refractivity contribution in [3.8, 4) is 11.8 Å². The molecule has 0 bridgehead atoms. The van der Waals surface area contributed by atoms with Crippen LogP contribution in [0.2, 0.25) is 0 Å². The lowest BCUT2D eigenvalue weighted by Crippen LogP contribution is -2.13. The molecule has 0 saturated carbocycles. The summed E-state index contributed by atoms with van der Waals surface area (Å²) in [5.74, 6) is 0.135. The maximum atomic E-state index is 12.5. The van der Waals surface area contributed by atoms with Crippen LogP contribution in [0.3, 0.4) is 0 Å². The summed E-state index contributed by atoms with van der Waals surface area (Å²) < 4.78 is 6.91. The average molecular weight is 447 g/mol. The first kappa shape index (κ1) is 20.4. The van der Waals surface area contributed by atoms with Crippen molar-refractivity contribution in [1.82, 2.24) is 0 Å². The number of amides is 1. The third-order valence-electron chi connectivity index (χ3n) is 4.23. The summed E-state index contributed by atoms with van der Waals surface area (Å²) in [6, 6.07) is 24.5. The minimum atomic E-state index is -0.461. The summed E-state index contributed by atoms with van der Waals surface area (Å²) in [6.45, 7) is 2.33. The first-order valence-corrected chi connectivity index (χ1v) is 9.81. The van der Waals surface area contributed by atoms with Crippen LogP contribution in [0.4, 0.5) is 5.69 Å². The number of nitrogens with zero attached hydrogens (tertiary/aromatic N) is 1. The number of hydrogen-bond donors (Lipinski definition) is 1. The van der Waals surface area contributed by atoms with Gasteiger partial charge in [-0.25, -0.2) is 0 Å². The molecule has 0 saturated heterocycles. The molecule has 1 N–H and O–H groups in total. The van der Waals surface area contributed by atoms with Crippen molar-refractivity contribution in [3.63, 3.8) is 0 Å². The molecule has 5 heteroatoms. The van der Waals surface area contributed by atoms with Gasteiger partial charge in [-0.2, -0.15) is 5.26 Å². The van der Waals surface area contributed by atoms with E-state index in [0.717, 1.165) is 15.6 Å². The molecule has 0 heterocycles. The Morgan fingerprint density at radius 1 is 1.07 bits per heavy atom. The fourth-order valence-corrected chi connectivity index (χ4v) is 3.04. The van der Waals surface area contributed by atoms with Crippen LogP contribution >= 0.6 is 15.9 Å².